The monoisotopic (exact) mass is 246 g/mol. The van der Waals surface area contributed by atoms with E-state index in [9.17, 15) is 4.79 Å². The average Bonchev–Trinajstić information content (AvgIpc) is 2.74. The summed E-state index contributed by atoms with van der Waals surface area (Å²) in [5.41, 5.74) is 5.87. The molecule has 1 unspecified atom stereocenters. The summed E-state index contributed by atoms with van der Waals surface area (Å²) in [6.07, 6.45) is 3.84. The lowest BCUT2D eigenvalue weighted by Gasteiger charge is -2.20. The quantitative estimate of drug-likeness (QED) is 0.744. The normalized spacial score (nSPS) is 22.4. The molecule has 4 nitrogen and oxygen atoms in total. The first-order valence-corrected chi connectivity index (χ1v) is 7.10. The first-order valence-electron chi connectivity index (χ1n) is 5.71. The summed E-state index contributed by atoms with van der Waals surface area (Å²) in [5.74, 6) is 1.54. The SMILES string of the molecule is COCC1CCN(C(=O)[C@@H](N)CCSC)C1. The second kappa shape index (κ2) is 7.14. The molecule has 0 aromatic heterocycles. The summed E-state index contributed by atoms with van der Waals surface area (Å²) in [5, 5.41) is 0. The molecule has 0 aliphatic carbocycles. The van der Waals surface area contributed by atoms with Gasteiger partial charge in [0.15, 0.2) is 0 Å². The van der Waals surface area contributed by atoms with E-state index >= 15 is 0 Å². The Hall–Kier alpha value is -0.260. The number of nitrogens with two attached hydrogens (primary N) is 1. The average molecular weight is 246 g/mol. The second-order valence-corrected chi connectivity index (χ2v) is 5.27. The number of methoxy groups -OCH3 is 1. The van der Waals surface area contributed by atoms with Crippen LogP contribution in [0.3, 0.4) is 0 Å². The topological polar surface area (TPSA) is 55.6 Å². The van der Waals surface area contributed by atoms with Gasteiger partial charge in [0.2, 0.25) is 5.91 Å². The van der Waals surface area contributed by atoms with Gasteiger partial charge >= 0.3 is 0 Å². The van der Waals surface area contributed by atoms with Crippen LogP contribution in [0.25, 0.3) is 0 Å². The van der Waals surface area contributed by atoms with Crippen molar-refractivity contribution >= 4 is 17.7 Å². The van der Waals surface area contributed by atoms with E-state index in [1.54, 1.807) is 18.9 Å². The van der Waals surface area contributed by atoms with Crippen LogP contribution in [-0.4, -0.2) is 55.7 Å². The number of amides is 1. The van der Waals surface area contributed by atoms with E-state index in [1.807, 2.05) is 11.2 Å². The summed E-state index contributed by atoms with van der Waals surface area (Å²) in [6.45, 7) is 2.38. The van der Waals surface area contributed by atoms with Crippen molar-refractivity contribution in [1.29, 1.82) is 0 Å². The van der Waals surface area contributed by atoms with Gasteiger partial charge in [0.25, 0.3) is 0 Å². The third kappa shape index (κ3) is 3.96. The van der Waals surface area contributed by atoms with Gasteiger partial charge in [-0.1, -0.05) is 0 Å². The van der Waals surface area contributed by atoms with Gasteiger partial charge in [-0.3, -0.25) is 4.79 Å². The first kappa shape index (κ1) is 13.8. The van der Waals surface area contributed by atoms with Gasteiger partial charge < -0.3 is 15.4 Å². The lowest BCUT2D eigenvalue weighted by molar-refractivity contribution is -0.131. The molecular weight excluding hydrogens is 224 g/mol. The Morgan fingerprint density at radius 2 is 2.44 bits per heavy atom. The maximum atomic E-state index is 12.0. The third-order valence-corrected chi connectivity index (χ3v) is 3.59. The van der Waals surface area contributed by atoms with Gasteiger partial charge in [0.1, 0.15) is 0 Å². The third-order valence-electron chi connectivity index (χ3n) is 2.95. The van der Waals surface area contributed by atoms with Gasteiger partial charge in [0, 0.05) is 26.1 Å². The molecule has 0 spiro atoms. The molecule has 1 fully saturated rings. The summed E-state index contributed by atoms with van der Waals surface area (Å²) in [6, 6.07) is -0.325. The van der Waals surface area contributed by atoms with Gasteiger partial charge in [-0.15, -0.1) is 0 Å². The van der Waals surface area contributed by atoms with Gasteiger partial charge in [-0.05, 0) is 24.9 Å². The van der Waals surface area contributed by atoms with Crippen LogP contribution in [0.15, 0.2) is 0 Å². The number of thioether (sulfide) groups is 1. The molecular formula is C11H22N2O2S. The number of rotatable bonds is 6. The fourth-order valence-electron chi connectivity index (χ4n) is 2.01. The molecule has 5 heteroatoms. The Morgan fingerprint density at radius 1 is 1.69 bits per heavy atom. The van der Waals surface area contributed by atoms with Crippen molar-refractivity contribution in [3.63, 3.8) is 0 Å². The van der Waals surface area contributed by atoms with E-state index in [1.165, 1.54) is 0 Å². The molecule has 1 saturated heterocycles. The fraction of sp³-hybridized carbons (Fsp3) is 0.909. The first-order chi connectivity index (χ1) is 7.69. The number of carbonyl (C=O) groups is 1. The maximum absolute atomic E-state index is 12.0. The Bertz CT molecular complexity index is 226. The lowest BCUT2D eigenvalue weighted by atomic mass is 10.1. The Balaban J connectivity index is 2.32. The second-order valence-electron chi connectivity index (χ2n) is 4.28. The largest absolute Gasteiger partial charge is 0.384 e. The Labute approximate surface area is 102 Å². The van der Waals surface area contributed by atoms with Crippen molar-refractivity contribution < 1.29 is 9.53 Å². The standard InChI is InChI=1S/C11H22N2O2S/c1-15-8-9-3-5-13(7-9)11(14)10(12)4-6-16-2/h9-10H,3-8,12H2,1-2H3/t9?,10-/m0/s1. The van der Waals surface area contributed by atoms with Crippen LogP contribution in [0.2, 0.25) is 0 Å². The summed E-state index contributed by atoms with van der Waals surface area (Å²) < 4.78 is 5.11. The number of carbonyl (C=O) groups excluding carboxylic acids is 1. The molecule has 1 heterocycles. The van der Waals surface area contributed by atoms with Crippen LogP contribution in [0, 0.1) is 5.92 Å². The smallest absolute Gasteiger partial charge is 0.239 e. The zero-order chi connectivity index (χ0) is 12.0. The highest BCUT2D eigenvalue weighted by atomic mass is 32.2. The lowest BCUT2D eigenvalue weighted by Crippen LogP contribution is -2.43. The van der Waals surface area contributed by atoms with Crippen LogP contribution in [-0.2, 0) is 9.53 Å². The molecule has 0 bridgehead atoms. The fourth-order valence-corrected chi connectivity index (χ4v) is 2.50. The van der Waals surface area contributed by atoms with Crippen molar-refractivity contribution in [3.8, 4) is 0 Å². The van der Waals surface area contributed by atoms with Crippen LogP contribution in [0.5, 0.6) is 0 Å². The Kier molecular flexibility index (Phi) is 6.16. The molecule has 0 saturated carbocycles. The minimum atomic E-state index is -0.325. The van der Waals surface area contributed by atoms with Gasteiger partial charge in [0.05, 0.1) is 12.6 Å². The number of hydrogen-bond acceptors (Lipinski definition) is 4. The highest BCUT2D eigenvalue weighted by Crippen LogP contribution is 2.17. The van der Waals surface area contributed by atoms with Crippen molar-refractivity contribution in [2.75, 3.05) is 38.8 Å². The number of nitrogens with zero attached hydrogens (tertiary/aromatic N) is 1. The predicted molar refractivity (Wildman–Crippen MR) is 67.5 cm³/mol. The molecule has 1 amide bonds. The van der Waals surface area contributed by atoms with Crippen LogP contribution < -0.4 is 5.73 Å². The highest BCUT2D eigenvalue weighted by molar-refractivity contribution is 7.98. The molecule has 0 radical (unpaired) electrons. The van der Waals surface area contributed by atoms with E-state index in [4.69, 9.17) is 10.5 Å². The van der Waals surface area contributed by atoms with E-state index < -0.39 is 0 Å². The molecule has 0 aromatic rings. The van der Waals surface area contributed by atoms with Crippen molar-refractivity contribution in [2.45, 2.75) is 18.9 Å². The van der Waals surface area contributed by atoms with Crippen LogP contribution >= 0.6 is 11.8 Å². The molecule has 94 valence electrons. The Morgan fingerprint density at radius 3 is 3.06 bits per heavy atom. The van der Waals surface area contributed by atoms with Crippen molar-refractivity contribution in [2.24, 2.45) is 11.7 Å². The number of likely N-dealkylation sites (tertiary alicyclic amines) is 1. The molecule has 2 N–H and O–H groups in total. The number of ether oxygens (including phenoxy) is 1. The van der Waals surface area contributed by atoms with Crippen molar-refractivity contribution in [1.82, 2.24) is 4.90 Å². The summed E-state index contributed by atoms with van der Waals surface area (Å²) in [7, 11) is 1.70. The zero-order valence-electron chi connectivity index (χ0n) is 10.1. The minimum Gasteiger partial charge on any atom is -0.384 e. The summed E-state index contributed by atoms with van der Waals surface area (Å²) >= 11 is 1.73. The minimum absolute atomic E-state index is 0.104. The van der Waals surface area contributed by atoms with E-state index in [-0.39, 0.29) is 11.9 Å². The predicted octanol–water partition coefficient (Wildman–Crippen LogP) is 0.562. The molecule has 0 aromatic carbocycles. The van der Waals surface area contributed by atoms with Gasteiger partial charge in [-0.2, -0.15) is 11.8 Å². The van der Waals surface area contributed by atoms with Crippen LogP contribution in [0.1, 0.15) is 12.8 Å². The summed E-state index contributed by atoms with van der Waals surface area (Å²) in [4.78, 5) is 13.8. The van der Waals surface area contributed by atoms with E-state index in [0.717, 1.165) is 38.3 Å². The highest BCUT2D eigenvalue weighted by Gasteiger charge is 2.28. The van der Waals surface area contributed by atoms with E-state index in [2.05, 4.69) is 0 Å². The van der Waals surface area contributed by atoms with Crippen LogP contribution in [0.4, 0.5) is 0 Å². The molecule has 1 aliphatic heterocycles. The zero-order valence-corrected chi connectivity index (χ0v) is 11.0. The molecule has 1 rings (SSSR count). The molecule has 2 atom stereocenters. The molecule has 16 heavy (non-hydrogen) atoms. The van der Waals surface area contributed by atoms with Crippen molar-refractivity contribution in [3.05, 3.63) is 0 Å². The van der Waals surface area contributed by atoms with E-state index in [0.29, 0.717) is 5.92 Å². The molecule has 1 aliphatic rings. The maximum Gasteiger partial charge on any atom is 0.239 e. The van der Waals surface area contributed by atoms with Gasteiger partial charge in [-0.25, -0.2) is 0 Å². The number of hydrogen-bond donors (Lipinski definition) is 1.